The van der Waals surface area contributed by atoms with Gasteiger partial charge >= 0.3 is 0 Å². The number of non-ortho nitro benzene ring substituents is 1. The molecule has 10 heteroatoms. The lowest BCUT2D eigenvalue weighted by Crippen LogP contribution is -2.31. The van der Waals surface area contributed by atoms with E-state index in [4.69, 9.17) is 0 Å². The van der Waals surface area contributed by atoms with E-state index in [1.54, 1.807) is 32.0 Å². The average Bonchev–Trinajstić information content (AvgIpc) is 2.64. The van der Waals surface area contributed by atoms with E-state index >= 15 is 0 Å². The Kier molecular flexibility index (Phi) is 6.48. The molecule has 0 unspecified atom stereocenters. The number of benzene rings is 2. The van der Waals surface area contributed by atoms with Crippen LogP contribution in [0, 0.1) is 10.1 Å². The Morgan fingerprint density at radius 2 is 1.89 bits per heavy atom. The van der Waals surface area contributed by atoms with Gasteiger partial charge in [-0.1, -0.05) is 26.0 Å². The fourth-order valence-corrected chi connectivity index (χ4v) is 4.02. The van der Waals surface area contributed by atoms with Crippen molar-refractivity contribution in [3.05, 3.63) is 58.1 Å². The number of anilines is 1. The van der Waals surface area contributed by atoms with Crippen LogP contribution in [0.2, 0.25) is 0 Å². The van der Waals surface area contributed by atoms with Crippen LogP contribution in [0.4, 0.5) is 11.4 Å². The molecule has 0 aliphatic heterocycles. The molecule has 0 aliphatic carbocycles. The van der Waals surface area contributed by atoms with Crippen LogP contribution in [0.1, 0.15) is 19.4 Å². The van der Waals surface area contributed by atoms with E-state index in [0.29, 0.717) is 5.56 Å². The van der Waals surface area contributed by atoms with Crippen LogP contribution in [0.15, 0.2) is 52.5 Å². The molecule has 9 nitrogen and oxygen atoms in total. The zero-order valence-corrected chi connectivity index (χ0v) is 15.7. The Morgan fingerprint density at radius 3 is 2.48 bits per heavy atom. The minimum atomic E-state index is -3.95. The molecule has 0 amide bonds. The van der Waals surface area contributed by atoms with Gasteiger partial charge in [0.2, 0.25) is 10.0 Å². The van der Waals surface area contributed by atoms with E-state index in [9.17, 15) is 23.6 Å². The predicted octanol–water partition coefficient (Wildman–Crippen LogP) is 2.78. The van der Waals surface area contributed by atoms with E-state index < -0.39 is 14.9 Å². The van der Waals surface area contributed by atoms with E-state index in [0.717, 1.165) is 6.07 Å². The summed E-state index contributed by atoms with van der Waals surface area (Å²) in [4.78, 5) is 10.2. The lowest BCUT2D eigenvalue weighted by atomic mass is 10.2. The molecule has 144 valence electrons. The Bertz CT molecular complexity index is 956. The SMILES string of the molecule is CCN(CC)S(=O)(=O)c1cc([N+](=O)[O-])ccc1NN=Cc1ccccc1O. The molecule has 0 heterocycles. The topological polar surface area (TPSA) is 125 Å². The number of sulfonamides is 1. The number of hydrogen-bond donors (Lipinski definition) is 2. The molecule has 0 fully saturated rings. The number of nitro benzene ring substituents is 1. The first-order valence-corrected chi connectivity index (χ1v) is 9.60. The predicted molar refractivity (Wildman–Crippen MR) is 103 cm³/mol. The van der Waals surface area contributed by atoms with E-state index in [2.05, 4.69) is 10.5 Å². The maximum absolute atomic E-state index is 12.8. The van der Waals surface area contributed by atoms with Gasteiger partial charge in [0.25, 0.3) is 5.69 Å². The lowest BCUT2D eigenvalue weighted by Gasteiger charge is -2.20. The van der Waals surface area contributed by atoms with Crippen molar-refractivity contribution >= 4 is 27.6 Å². The van der Waals surface area contributed by atoms with Gasteiger partial charge in [-0.15, -0.1) is 0 Å². The van der Waals surface area contributed by atoms with Gasteiger partial charge in [-0.25, -0.2) is 8.42 Å². The number of para-hydroxylation sites is 1. The standard InChI is InChI=1S/C17H20N4O5S/c1-3-20(4-2)27(25,26)17-11-14(21(23)24)9-10-15(17)19-18-12-13-7-5-6-8-16(13)22/h5-12,19,22H,3-4H2,1-2H3. The number of nitro groups is 1. The third kappa shape index (κ3) is 4.60. The fourth-order valence-electron chi connectivity index (χ4n) is 2.40. The summed E-state index contributed by atoms with van der Waals surface area (Å²) in [7, 11) is -3.95. The minimum Gasteiger partial charge on any atom is -0.507 e. The number of hydrazone groups is 1. The van der Waals surface area contributed by atoms with Crippen molar-refractivity contribution in [3.63, 3.8) is 0 Å². The largest absolute Gasteiger partial charge is 0.507 e. The van der Waals surface area contributed by atoms with Gasteiger partial charge in [0.1, 0.15) is 10.6 Å². The quantitative estimate of drug-likeness (QED) is 0.404. The molecule has 0 spiro atoms. The van der Waals surface area contributed by atoms with Gasteiger partial charge in [0.15, 0.2) is 0 Å². The van der Waals surface area contributed by atoms with E-state index in [1.165, 1.54) is 28.7 Å². The molecular formula is C17H20N4O5S. The maximum Gasteiger partial charge on any atom is 0.270 e. The van der Waals surface area contributed by atoms with Crippen LogP contribution in [0.3, 0.4) is 0 Å². The van der Waals surface area contributed by atoms with Crippen molar-refractivity contribution in [1.29, 1.82) is 0 Å². The number of aromatic hydroxyl groups is 1. The molecule has 0 aromatic heterocycles. The van der Waals surface area contributed by atoms with Gasteiger partial charge in [0.05, 0.1) is 16.8 Å². The van der Waals surface area contributed by atoms with Gasteiger partial charge in [-0.3, -0.25) is 15.5 Å². The molecular weight excluding hydrogens is 372 g/mol. The first-order chi connectivity index (χ1) is 12.8. The second-order valence-corrected chi connectivity index (χ2v) is 7.36. The van der Waals surface area contributed by atoms with Crippen LogP contribution >= 0.6 is 0 Å². The highest BCUT2D eigenvalue weighted by Gasteiger charge is 2.27. The number of hydrogen-bond acceptors (Lipinski definition) is 7. The molecule has 2 rings (SSSR count). The van der Waals surface area contributed by atoms with Crippen molar-refractivity contribution in [2.24, 2.45) is 5.10 Å². The highest BCUT2D eigenvalue weighted by Crippen LogP contribution is 2.29. The van der Waals surface area contributed by atoms with Crippen LogP contribution in [0.5, 0.6) is 5.75 Å². The first-order valence-electron chi connectivity index (χ1n) is 8.16. The molecule has 0 bridgehead atoms. The molecule has 0 saturated carbocycles. The Labute approximate surface area is 157 Å². The Hall–Kier alpha value is -2.98. The van der Waals surface area contributed by atoms with Crippen molar-refractivity contribution in [2.75, 3.05) is 18.5 Å². The van der Waals surface area contributed by atoms with Gasteiger partial charge < -0.3 is 5.11 Å². The summed E-state index contributed by atoms with van der Waals surface area (Å²) in [6, 6.07) is 9.98. The summed E-state index contributed by atoms with van der Waals surface area (Å²) >= 11 is 0. The fraction of sp³-hybridized carbons (Fsp3) is 0.235. The number of phenolic OH excluding ortho intramolecular Hbond substituents is 1. The van der Waals surface area contributed by atoms with Crippen LogP contribution in [-0.4, -0.2) is 42.1 Å². The lowest BCUT2D eigenvalue weighted by molar-refractivity contribution is -0.385. The molecule has 0 saturated heterocycles. The third-order valence-corrected chi connectivity index (χ3v) is 5.91. The van der Waals surface area contributed by atoms with Crippen molar-refractivity contribution in [3.8, 4) is 5.75 Å². The van der Waals surface area contributed by atoms with Crippen molar-refractivity contribution in [2.45, 2.75) is 18.7 Å². The van der Waals surface area contributed by atoms with E-state index in [1.807, 2.05) is 0 Å². The van der Waals surface area contributed by atoms with Gasteiger partial charge in [-0.2, -0.15) is 9.41 Å². The van der Waals surface area contributed by atoms with Crippen molar-refractivity contribution in [1.82, 2.24) is 4.31 Å². The smallest absolute Gasteiger partial charge is 0.270 e. The van der Waals surface area contributed by atoms with Crippen LogP contribution in [-0.2, 0) is 10.0 Å². The summed E-state index contributed by atoms with van der Waals surface area (Å²) in [5.74, 6) is 0.0164. The normalized spacial score (nSPS) is 11.8. The molecule has 2 aromatic rings. The summed E-state index contributed by atoms with van der Waals surface area (Å²) in [5.41, 5.74) is 2.78. The third-order valence-electron chi connectivity index (χ3n) is 3.82. The number of nitrogens with one attached hydrogen (secondary N) is 1. The first kappa shape index (κ1) is 20.3. The second-order valence-electron chi connectivity index (χ2n) is 5.46. The second kappa shape index (κ2) is 8.60. The summed E-state index contributed by atoms with van der Waals surface area (Å²) in [5, 5.41) is 24.7. The zero-order chi connectivity index (χ0) is 20.0. The number of nitrogens with zero attached hydrogens (tertiary/aromatic N) is 3. The monoisotopic (exact) mass is 392 g/mol. The number of phenols is 1. The summed E-state index contributed by atoms with van der Waals surface area (Å²) < 4.78 is 26.9. The summed E-state index contributed by atoms with van der Waals surface area (Å²) in [6.45, 7) is 3.81. The van der Waals surface area contributed by atoms with Gasteiger partial charge in [-0.05, 0) is 18.2 Å². The van der Waals surface area contributed by atoms with Crippen LogP contribution in [0.25, 0.3) is 0 Å². The van der Waals surface area contributed by atoms with E-state index in [-0.39, 0.29) is 35.1 Å². The van der Waals surface area contributed by atoms with Crippen molar-refractivity contribution < 1.29 is 18.4 Å². The minimum absolute atomic E-state index is 0.0164. The Balaban J connectivity index is 2.44. The molecule has 0 atom stereocenters. The Morgan fingerprint density at radius 1 is 1.22 bits per heavy atom. The van der Waals surface area contributed by atoms with Crippen LogP contribution < -0.4 is 5.43 Å². The average molecular weight is 392 g/mol. The zero-order valence-electron chi connectivity index (χ0n) is 14.9. The molecule has 27 heavy (non-hydrogen) atoms. The highest BCUT2D eigenvalue weighted by molar-refractivity contribution is 7.89. The number of rotatable bonds is 8. The molecule has 2 aromatic carbocycles. The van der Waals surface area contributed by atoms with Gasteiger partial charge in [0, 0.05) is 30.8 Å². The summed E-state index contributed by atoms with van der Waals surface area (Å²) in [6.07, 6.45) is 1.32. The maximum atomic E-state index is 12.8. The molecule has 0 radical (unpaired) electrons. The molecule has 2 N–H and O–H groups in total. The highest BCUT2D eigenvalue weighted by atomic mass is 32.2. The molecule has 0 aliphatic rings.